The van der Waals surface area contributed by atoms with Crippen molar-refractivity contribution in [2.24, 2.45) is 0 Å². The summed E-state index contributed by atoms with van der Waals surface area (Å²) in [5, 5.41) is 8.93. The number of rotatable bonds is 6. The van der Waals surface area contributed by atoms with Crippen LogP contribution in [0.15, 0.2) is 18.3 Å². The van der Waals surface area contributed by atoms with E-state index in [0.29, 0.717) is 12.1 Å². The maximum Gasteiger partial charge on any atom is 0.323 e. The molecule has 2 heterocycles. The number of carbonyl (C=O) groups excluding carboxylic acids is 1. The fourth-order valence-electron chi connectivity index (χ4n) is 2.87. The minimum absolute atomic E-state index is 0.274. The molecule has 1 fully saturated rings. The van der Waals surface area contributed by atoms with Gasteiger partial charge in [-0.1, -0.05) is 19.8 Å². The molecule has 0 unspecified atom stereocenters. The molecule has 0 bridgehead atoms. The van der Waals surface area contributed by atoms with E-state index in [4.69, 9.17) is 5.11 Å². The minimum Gasteiger partial charge on any atom is -0.480 e. The van der Waals surface area contributed by atoms with Crippen LogP contribution in [-0.4, -0.2) is 53.0 Å². The van der Waals surface area contributed by atoms with Crippen LogP contribution in [0.25, 0.3) is 0 Å². The lowest BCUT2D eigenvalue weighted by atomic mass is 10.2. The minimum atomic E-state index is -0.999. The van der Waals surface area contributed by atoms with Gasteiger partial charge < -0.3 is 14.9 Å². The number of hydrogen-bond acceptors (Lipinski definition) is 4. The maximum atomic E-state index is 12.4. The van der Waals surface area contributed by atoms with Gasteiger partial charge in [-0.3, -0.25) is 9.59 Å². The highest BCUT2D eigenvalue weighted by Gasteiger charge is 2.19. The summed E-state index contributed by atoms with van der Waals surface area (Å²) >= 11 is 0. The number of nitrogens with zero attached hydrogens (tertiary/aromatic N) is 3. The smallest absolute Gasteiger partial charge is 0.323 e. The van der Waals surface area contributed by atoms with Crippen molar-refractivity contribution < 1.29 is 14.7 Å². The predicted octanol–water partition coefficient (Wildman–Crippen LogP) is 2.40. The van der Waals surface area contributed by atoms with Crippen molar-refractivity contribution in [1.82, 2.24) is 9.88 Å². The van der Waals surface area contributed by atoms with Crippen molar-refractivity contribution in [2.45, 2.75) is 39.0 Å². The Balaban J connectivity index is 2.07. The Morgan fingerprint density at radius 2 is 1.91 bits per heavy atom. The first kappa shape index (κ1) is 17.2. The van der Waals surface area contributed by atoms with Crippen LogP contribution in [0.2, 0.25) is 0 Å². The first-order chi connectivity index (χ1) is 11.1. The molecule has 6 nitrogen and oxygen atoms in total. The monoisotopic (exact) mass is 319 g/mol. The fourth-order valence-corrected chi connectivity index (χ4v) is 2.87. The third kappa shape index (κ3) is 4.94. The number of aliphatic carboxylic acids is 1. The molecule has 1 amide bonds. The van der Waals surface area contributed by atoms with Gasteiger partial charge in [0.1, 0.15) is 12.4 Å². The lowest BCUT2D eigenvalue weighted by Crippen LogP contribution is -2.36. The van der Waals surface area contributed by atoms with Crippen LogP contribution in [0.5, 0.6) is 0 Å². The van der Waals surface area contributed by atoms with Gasteiger partial charge in [0, 0.05) is 25.8 Å². The van der Waals surface area contributed by atoms with Crippen LogP contribution < -0.4 is 4.90 Å². The Morgan fingerprint density at radius 3 is 2.43 bits per heavy atom. The summed E-state index contributed by atoms with van der Waals surface area (Å²) in [5.41, 5.74) is 0.443. The van der Waals surface area contributed by atoms with Gasteiger partial charge in [0.15, 0.2) is 0 Å². The van der Waals surface area contributed by atoms with Crippen molar-refractivity contribution >= 4 is 17.7 Å². The van der Waals surface area contributed by atoms with E-state index in [9.17, 15) is 9.59 Å². The highest BCUT2D eigenvalue weighted by molar-refractivity contribution is 5.95. The van der Waals surface area contributed by atoms with Crippen molar-refractivity contribution in [1.29, 1.82) is 0 Å². The van der Waals surface area contributed by atoms with Crippen molar-refractivity contribution in [3.63, 3.8) is 0 Å². The highest BCUT2D eigenvalue weighted by Crippen LogP contribution is 2.18. The number of aromatic nitrogens is 1. The van der Waals surface area contributed by atoms with E-state index in [2.05, 4.69) is 9.88 Å². The quantitative estimate of drug-likeness (QED) is 0.871. The Kier molecular flexibility index (Phi) is 6.38. The number of hydrogen-bond donors (Lipinski definition) is 1. The summed E-state index contributed by atoms with van der Waals surface area (Å²) < 4.78 is 0. The Morgan fingerprint density at radius 1 is 1.22 bits per heavy atom. The number of carbonyl (C=O) groups is 2. The van der Waals surface area contributed by atoms with Gasteiger partial charge in [-0.05, 0) is 31.4 Å². The first-order valence-corrected chi connectivity index (χ1v) is 8.34. The molecule has 1 aliphatic heterocycles. The molecule has 126 valence electrons. The summed E-state index contributed by atoms with van der Waals surface area (Å²) in [6.07, 6.45) is 7.14. The second kappa shape index (κ2) is 8.50. The largest absolute Gasteiger partial charge is 0.480 e. The molecular formula is C17H25N3O3. The molecule has 0 aromatic carbocycles. The molecule has 2 rings (SSSR count). The van der Waals surface area contributed by atoms with Crippen LogP contribution in [0, 0.1) is 0 Å². The fraction of sp³-hybridized carbons (Fsp3) is 0.588. The van der Waals surface area contributed by atoms with Gasteiger partial charge in [0.05, 0.1) is 5.56 Å². The number of pyridine rings is 1. The molecule has 1 aromatic heterocycles. The lowest BCUT2D eigenvalue weighted by molar-refractivity contribution is -0.137. The SMILES string of the molecule is CCCN(CC(=O)O)C(=O)c1ccc(N2CCCCCC2)nc1. The summed E-state index contributed by atoms with van der Waals surface area (Å²) in [6, 6.07) is 3.61. The van der Waals surface area contributed by atoms with Gasteiger partial charge in [-0.2, -0.15) is 0 Å². The van der Waals surface area contributed by atoms with Crippen LogP contribution in [-0.2, 0) is 4.79 Å². The summed E-state index contributed by atoms with van der Waals surface area (Å²) in [7, 11) is 0. The molecule has 0 radical (unpaired) electrons. The van der Waals surface area contributed by atoms with E-state index in [1.807, 2.05) is 13.0 Å². The topological polar surface area (TPSA) is 73.7 Å². The Hall–Kier alpha value is -2.11. The Labute approximate surface area is 137 Å². The zero-order chi connectivity index (χ0) is 16.7. The van der Waals surface area contributed by atoms with Gasteiger partial charge in [-0.25, -0.2) is 4.98 Å². The predicted molar refractivity (Wildman–Crippen MR) is 88.7 cm³/mol. The van der Waals surface area contributed by atoms with E-state index in [1.165, 1.54) is 30.6 Å². The van der Waals surface area contributed by atoms with Crippen molar-refractivity contribution in [2.75, 3.05) is 31.1 Å². The maximum absolute atomic E-state index is 12.4. The van der Waals surface area contributed by atoms with Crippen molar-refractivity contribution in [3.05, 3.63) is 23.9 Å². The molecule has 0 aliphatic carbocycles. The van der Waals surface area contributed by atoms with Crippen LogP contribution >= 0.6 is 0 Å². The number of anilines is 1. The van der Waals surface area contributed by atoms with Gasteiger partial charge >= 0.3 is 5.97 Å². The summed E-state index contributed by atoms with van der Waals surface area (Å²) in [5.74, 6) is -0.381. The van der Waals surface area contributed by atoms with Gasteiger partial charge in [0.2, 0.25) is 0 Å². The standard InChI is InChI=1S/C17H25N3O3/c1-2-9-20(13-16(21)22)17(23)14-7-8-15(18-12-14)19-10-5-3-4-6-11-19/h7-8,12H,2-6,9-11,13H2,1H3,(H,21,22). The molecule has 1 saturated heterocycles. The third-order valence-electron chi connectivity index (χ3n) is 4.03. The zero-order valence-electron chi connectivity index (χ0n) is 13.7. The molecule has 1 aliphatic rings. The van der Waals surface area contributed by atoms with E-state index >= 15 is 0 Å². The van der Waals surface area contributed by atoms with Crippen LogP contribution in [0.3, 0.4) is 0 Å². The summed E-state index contributed by atoms with van der Waals surface area (Å²) in [4.78, 5) is 31.3. The second-order valence-electron chi connectivity index (χ2n) is 5.93. The van der Waals surface area contributed by atoms with E-state index in [0.717, 1.165) is 25.3 Å². The average Bonchev–Trinajstić information content (AvgIpc) is 2.83. The van der Waals surface area contributed by atoms with E-state index < -0.39 is 5.97 Å². The van der Waals surface area contributed by atoms with Crippen LogP contribution in [0.1, 0.15) is 49.4 Å². The normalized spacial score (nSPS) is 15.1. The average molecular weight is 319 g/mol. The number of carboxylic acid groups (broad SMARTS) is 1. The van der Waals surface area contributed by atoms with Gasteiger partial charge in [-0.15, -0.1) is 0 Å². The van der Waals surface area contributed by atoms with Crippen LogP contribution in [0.4, 0.5) is 5.82 Å². The third-order valence-corrected chi connectivity index (χ3v) is 4.03. The second-order valence-corrected chi connectivity index (χ2v) is 5.93. The molecule has 6 heteroatoms. The lowest BCUT2D eigenvalue weighted by Gasteiger charge is -2.22. The summed E-state index contributed by atoms with van der Waals surface area (Å²) in [6.45, 7) is 4.07. The molecule has 0 spiro atoms. The molecule has 1 N–H and O–H groups in total. The highest BCUT2D eigenvalue weighted by atomic mass is 16.4. The zero-order valence-corrected chi connectivity index (χ0v) is 13.7. The molecule has 0 saturated carbocycles. The number of carboxylic acids is 1. The van der Waals surface area contributed by atoms with Crippen molar-refractivity contribution in [3.8, 4) is 0 Å². The number of amides is 1. The Bertz CT molecular complexity index is 522. The molecule has 23 heavy (non-hydrogen) atoms. The van der Waals surface area contributed by atoms with Gasteiger partial charge in [0.25, 0.3) is 5.91 Å². The van der Waals surface area contributed by atoms with E-state index in [1.54, 1.807) is 12.3 Å². The molecule has 1 aromatic rings. The molecule has 0 atom stereocenters. The van der Waals surface area contributed by atoms with E-state index in [-0.39, 0.29) is 12.5 Å². The first-order valence-electron chi connectivity index (χ1n) is 8.34. The molecular weight excluding hydrogens is 294 g/mol.